The summed E-state index contributed by atoms with van der Waals surface area (Å²) in [5.74, 6) is 0. The maximum atomic E-state index is 9.96. The first-order chi connectivity index (χ1) is 6.04. The van der Waals surface area contributed by atoms with Crippen molar-refractivity contribution in [3.8, 4) is 6.07 Å². The van der Waals surface area contributed by atoms with Crippen molar-refractivity contribution in [1.82, 2.24) is 0 Å². The summed E-state index contributed by atoms with van der Waals surface area (Å²) >= 11 is 0. The summed E-state index contributed by atoms with van der Waals surface area (Å²) in [5.41, 5.74) is 0. The van der Waals surface area contributed by atoms with Crippen LogP contribution < -0.4 is 0 Å². The van der Waals surface area contributed by atoms with Gasteiger partial charge in [0.15, 0.2) is 6.29 Å². The summed E-state index contributed by atoms with van der Waals surface area (Å²) in [6, 6.07) is 1.57. The molecule has 0 aromatic rings. The summed E-state index contributed by atoms with van der Waals surface area (Å²) in [6.45, 7) is 0. The lowest BCUT2D eigenvalue weighted by atomic mass is 10.0. The predicted octanol–water partition coefficient (Wildman–Crippen LogP) is -2.46. The number of hydrogen-bond acceptors (Lipinski definition) is 6. The highest BCUT2D eigenvalue weighted by Gasteiger charge is 2.29. The Morgan fingerprint density at radius 3 is 2.15 bits per heavy atom. The van der Waals surface area contributed by atoms with E-state index in [0.717, 1.165) is 0 Å². The van der Waals surface area contributed by atoms with Gasteiger partial charge in [-0.05, 0) is 0 Å². The van der Waals surface area contributed by atoms with E-state index in [2.05, 4.69) is 0 Å². The van der Waals surface area contributed by atoms with Gasteiger partial charge in [0.25, 0.3) is 0 Å². The molecular formula is C7H11NO5. The van der Waals surface area contributed by atoms with Crippen LogP contribution in [-0.2, 0) is 4.79 Å². The number of hydrogen-bond donors (Lipinski definition) is 4. The van der Waals surface area contributed by atoms with Crippen LogP contribution in [0.5, 0.6) is 0 Å². The van der Waals surface area contributed by atoms with Crippen molar-refractivity contribution in [2.75, 3.05) is 0 Å². The Hall–Kier alpha value is -1.00. The molecule has 0 aliphatic carbocycles. The average molecular weight is 189 g/mol. The summed E-state index contributed by atoms with van der Waals surface area (Å²) in [7, 11) is 0. The van der Waals surface area contributed by atoms with Gasteiger partial charge in [0, 0.05) is 0 Å². The summed E-state index contributed by atoms with van der Waals surface area (Å²) in [6.07, 6.45) is -7.07. The summed E-state index contributed by atoms with van der Waals surface area (Å²) in [5, 5.41) is 43.9. The van der Waals surface area contributed by atoms with Gasteiger partial charge in [-0.3, -0.25) is 0 Å². The fourth-order valence-corrected chi connectivity index (χ4v) is 0.724. The van der Waals surface area contributed by atoms with Crippen LogP contribution in [0.4, 0.5) is 0 Å². The standard InChI is InChI=1S/C7H11NO5/c8-2-1-4(10)6(12)7(13)5(11)3-9/h3-7,10-13H,1H2/t4-,5+,6-,7-/m1/s1. The Kier molecular flexibility index (Phi) is 5.18. The highest BCUT2D eigenvalue weighted by Crippen LogP contribution is 2.06. The van der Waals surface area contributed by atoms with E-state index in [4.69, 9.17) is 25.7 Å². The van der Waals surface area contributed by atoms with Crippen LogP contribution in [0.15, 0.2) is 0 Å². The Balaban J connectivity index is 4.16. The first kappa shape index (κ1) is 12.0. The Labute approximate surface area is 74.7 Å². The van der Waals surface area contributed by atoms with Gasteiger partial charge in [0.1, 0.15) is 18.3 Å². The largest absolute Gasteiger partial charge is 0.389 e. The minimum Gasteiger partial charge on any atom is -0.389 e. The molecule has 0 bridgehead atoms. The number of nitriles is 1. The van der Waals surface area contributed by atoms with E-state index < -0.39 is 24.4 Å². The maximum absolute atomic E-state index is 9.96. The number of rotatable bonds is 5. The van der Waals surface area contributed by atoms with Crippen LogP contribution in [0.25, 0.3) is 0 Å². The first-order valence-electron chi connectivity index (χ1n) is 3.59. The molecular weight excluding hydrogens is 178 g/mol. The number of nitrogens with zero attached hydrogens (tertiary/aromatic N) is 1. The molecule has 74 valence electrons. The van der Waals surface area contributed by atoms with Crippen molar-refractivity contribution >= 4 is 6.29 Å². The number of aldehydes is 1. The zero-order valence-corrected chi connectivity index (χ0v) is 6.74. The van der Waals surface area contributed by atoms with E-state index in [1.54, 1.807) is 6.07 Å². The molecule has 0 unspecified atom stereocenters. The van der Waals surface area contributed by atoms with Gasteiger partial charge in [-0.2, -0.15) is 5.26 Å². The van der Waals surface area contributed by atoms with Gasteiger partial charge in [-0.1, -0.05) is 0 Å². The minimum atomic E-state index is -1.78. The second kappa shape index (κ2) is 5.61. The zero-order chi connectivity index (χ0) is 10.4. The van der Waals surface area contributed by atoms with E-state index in [0.29, 0.717) is 0 Å². The van der Waals surface area contributed by atoms with Crippen LogP contribution >= 0.6 is 0 Å². The Morgan fingerprint density at radius 2 is 1.77 bits per heavy atom. The van der Waals surface area contributed by atoms with Gasteiger partial charge in [0.05, 0.1) is 18.6 Å². The smallest absolute Gasteiger partial charge is 0.151 e. The Morgan fingerprint density at radius 1 is 1.23 bits per heavy atom. The number of carbonyl (C=O) groups is 1. The first-order valence-corrected chi connectivity index (χ1v) is 3.59. The molecule has 0 saturated heterocycles. The molecule has 13 heavy (non-hydrogen) atoms. The maximum Gasteiger partial charge on any atom is 0.151 e. The molecule has 0 radical (unpaired) electrons. The quantitative estimate of drug-likeness (QED) is 0.356. The van der Waals surface area contributed by atoms with E-state index >= 15 is 0 Å². The van der Waals surface area contributed by atoms with Crippen LogP contribution in [0.1, 0.15) is 6.42 Å². The van der Waals surface area contributed by atoms with E-state index in [-0.39, 0.29) is 12.7 Å². The third-order valence-electron chi connectivity index (χ3n) is 1.53. The molecule has 0 spiro atoms. The summed E-state index contributed by atoms with van der Waals surface area (Å²) < 4.78 is 0. The molecule has 0 aliphatic rings. The van der Waals surface area contributed by atoms with Crippen molar-refractivity contribution in [2.24, 2.45) is 0 Å². The topological polar surface area (TPSA) is 122 Å². The molecule has 0 fully saturated rings. The molecule has 4 N–H and O–H groups in total. The van der Waals surface area contributed by atoms with Crippen molar-refractivity contribution in [1.29, 1.82) is 5.26 Å². The highest BCUT2D eigenvalue weighted by molar-refractivity contribution is 5.56. The molecule has 0 saturated carbocycles. The lowest BCUT2D eigenvalue weighted by Crippen LogP contribution is -2.44. The zero-order valence-electron chi connectivity index (χ0n) is 6.74. The van der Waals surface area contributed by atoms with Gasteiger partial charge >= 0.3 is 0 Å². The normalized spacial score (nSPS) is 19.6. The van der Waals surface area contributed by atoms with Crippen molar-refractivity contribution < 1.29 is 25.2 Å². The molecule has 0 rings (SSSR count). The SMILES string of the molecule is N#CC[C@@H](O)[C@@H](O)[C@H](O)[C@@H](O)C=O. The average Bonchev–Trinajstić information content (AvgIpc) is 2.14. The van der Waals surface area contributed by atoms with Gasteiger partial charge in [-0.15, -0.1) is 0 Å². The number of carbonyl (C=O) groups excluding carboxylic acids is 1. The van der Waals surface area contributed by atoms with Gasteiger partial charge < -0.3 is 25.2 Å². The minimum absolute atomic E-state index is 0.0347. The fraction of sp³-hybridized carbons (Fsp3) is 0.714. The van der Waals surface area contributed by atoms with E-state index in [1.165, 1.54) is 0 Å². The van der Waals surface area contributed by atoms with Gasteiger partial charge in [0.2, 0.25) is 0 Å². The monoisotopic (exact) mass is 189 g/mol. The van der Waals surface area contributed by atoms with Crippen LogP contribution in [-0.4, -0.2) is 51.1 Å². The Bertz CT molecular complexity index is 202. The van der Waals surface area contributed by atoms with E-state index in [9.17, 15) is 4.79 Å². The lowest BCUT2D eigenvalue weighted by Gasteiger charge is -2.22. The van der Waals surface area contributed by atoms with Crippen LogP contribution in [0, 0.1) is 11.3 Å². The molecule has 6 nitrogen and oxygen atoms in total. The van der Waals surface area contributed by atoms with Gasteiger partial charge in [-0.25, -0.2) is 0 Å². The molecule has 0 aliphatic heterocycles. The lowest BCUT2D eigenvalue weighted by molar-refractivity contribution is -0.133. The van der Waals surface area contributed by atoms with Crippen LogP contribution in [0.2, 0.25) is 0 Å². The van der Waals surface area contributed by atoms with Crippen molar-refractivity contribution in [2.45, 2.75) is 30.8 Å². The van der Waals surface area contributed by atoms with E-state index in [1.807, 2.05) is 0 Å². The molecule has 0 aromatic carbocycles. The molecule has 0 heterocycles. The number of aliphatic hydroxyl groups excluding tert-OH is 4. The molecule has 0 amide bonds. The predicted molar refractivity (Wildman–Crippen MR) is 40.3 cm³/mol. The van der Waals surface area contributed by atoms with Crippen molar-refractivity contribution in [3.63, 3.8) is 0 Å². The fourth-order valence-electron chi connectivity index (χ4n) is 0.724. The summed E-state index contributed by atoms with van der Waals surface area (Å²) in [4.78, 5) is 9.96. The molecule has 4 atom stereocenters. The number of aliphatic hydroxyl groups is 4. The third kappa shape index (κ3) is 3.48. The van der Waals surface area contributed by atoms with Crippen LogP contribution in [0.3, 0.4) is 0 Å². The van der Waals surface area contributed by atoms with Crippen molar-refractivity contribution in [3.05, 3.63) is 0 Å². The third-order valence-corrected chi connectivity index (χ3v) is 1.53. The molecule has 6 heteroatoms. The highest BCUT2D eigenvalue weighted by atomic mass is 16.4. The molecule has 0 aromatic heterocycles. The second-order valence-corrected chi connectivity index (χ2v) is 2.54. The second-order valence-electron chi connectivity index (χ2n) is 2.54.